The predicted molar refractivity (Wildman–Crippen MR) is 303 cm³/mol. The average molecular weight is 1350 g/mol. The first-order valence-electron chi connectivity index (χ1n) is 29.2. The summed E-state index contributed by atoms with van der Waals surface area (Å²) >= 11 is 0. The Labute approximate surface area is 524 Å². The van der Waals surface area contributed by atoms with Crippen LogP contribution in [-0.2, 0) is 48.6 Å². The van der Waals surface area contributed by atoms with E-state index < -0.39 is 148 Å². The molecule has 0 aliphatic heterocycles. The standard InChI is InChI=1S/2C26H46N3O10.2C2HF3O2/c2*1-3-28-15-29(4-2)18-10-16(7-8-17(18)28)6-5-9-27(11-19(32)23(36)25(38)21(34)13-30)12-20(33)24(37)26(39)22(35)14-31;2*3-2(4,5)1(6)7/h2*7-8,10,15,19-26,30-39H,3-6,9,11-14H2,1-2H3;2*(H,6,7)/q2*+1;;/p-2/t2*19-,20-,21+,22+,23+,24+,25+,26+;;/m00../s1. The molecule has 4 aromatic rings. The van der Waals surface area contributed by atoms with Crippen molar-refractivity contribution in [3.05, 3.63) is 60.2 Å². The molecule has 0 unspecified atom stereocenters. The second kappa shape index (κ2) is 41.1. The van der Waals surface area contributed by atoms with Crippen LogP contribution in [0, 0.1) is 0 Å². The number of carbonyl (C=O) groups excluding carboxylic acids is 2. The zero-order chi connectivity index (χ0) is 70.7. The number of rotatable bonds is 36. The summed E-state index contributed by atoms with van der Waals surface area (Å²) in [6.45, 7) is 7.70. The van der Waals surface area contributed by atoms with Crippen LogP contribution in [0.15, 0.2) is 49.1 Å². The molecule has 0 saturated carbocycles. The molecule has 20 N–H and O–H groups in total. The molecule has 92 heavy (non-hydrogen) atoms. The molecule has 16 atom stereocenters. The van der Waals surface area contributed by atoms with Gasteiger partial charge in [0.05, 0.1) is 77.0 Å². The molecule has 0 aliphatic rings. The van der Waals surface area contributed by atoms with Gasteiger partial charge in [0, 0.05) is 26.2 Å². The number of aliphatic carboxylic acids is 2. The minimum atomic E-state index is -5.19. The van der Waals surface area contributed by atoms with Gasteiger partial charge in [0.15, 0.2) is 22.1 Å². The van der Waals surface area contributed by atoms with Crippen LogP contribution in [0.5, 0.6) is 0 Å². The third kappa shape index (κ3) is 27.0. The van der Waals surface area contributed by atoms with Crippen molar-refractivity contribution in [1.82, 2.24) is 18.9 Å². The van der Waals surface area contributed by atoms with E-state index in [1.165, 1.54) is 9.80 Å². The van der Waals surface area contributed by atoms with Crippen molar-refractivity contribution in [2.45, 2.75) is 190 Å². The fourth-order valence-corrected chi connectivity index (χ4v) is 9.26. The molecular formula is C56H92F6N6O24. The number of carbonyl (C=O) groups is 2. The van der Waals surface area contributed by atoms with E-state index in [0.29, 0.717) is 25.7 Å². The Morgan fingerprint density at radius 2 is 0.663 bits per heavy atom. The number of benzene rings is 2. The first kappa shape index (κ1) is 85.0. The summed E-state index contributed by atoms with van der Waals surface area (Å²) in [5.41, 5.74) is 6.54. The Morgan fingerprint density at radius 3 is 0.859 bits per heavy atom. The number of hydrogen-bond donors (Lipinski definition) is 20. The number of aromatic nitrogens is 4. The third-order valence-electron chi connectivity index (χ3n) is 14.7. The highest BCUT2D eigenvalue weighted by Crippen LogP contribution is 2.20. The van der Waals surface area contributed by atoms with E-state index in [2.05, 4.69) is 82.9 Å². The van der Waals surface area contributed by atoms with Crippen molar-refractivity contribution in [2.24, 2.45) is 0 Å². The molecule has 2 aromatic carbocycles. The van der Waals surface area contributed by atoms with Gasteiger partial charge in [-0.15, -0.1) is 0 Å². The topological polar surface area (TPSA) is 509 Å². The van der Waals surface area contributed by atoms with E-state index in [1.54, 1.807) is 0 Å². The second-order valence-corrected chi connectivity index (χ2v) is 21.5. The molecule has 30 nitrogen and oxygen atoms in total. The summed E-state index contributed by atoms with van der Waals surface area (Å²) in [7, 11) is 0. The van der Waals surface area contributed by atoms with Crippen LogP contribution < -0.4 is 19.3 Å². The average Bonchev–Trinajstić information content (AvgIpc) is 1.66. The normalized spacial score (nSPS) is 17.5. The molecule has 0 bridgehead atoms. The van der Waals surface area contributed by atoms with Crippen LogP contribution in [0.1, 0.15) is 51.7 Å². The molecular weight excluding hydrogens is 1250 g/mol. The summed E-state index contributed by atoms with van der Waals surface area (Å²) < 4.78 is 71.7. The van der Waals surface area contributed by atoms with E-state index in [0.717, 1.165) is 59.4 Å². The van der Waals surface area contributed by atoms with E-state index in [1.807, 2.05) is 12.1 Å². The maximum atomic E-state index is 10.5. The molecule has 0 spiro atoms. The molecule has 0 fully saturated rings. The predicted octanol–water partition coefficient (Wildman–Crippen LogP) is -9.25. The number of carboxylic acids is 2. The van der Waals surface area contributed by atoms with Crippen molar-refractivity contribution in [3.63, 3.8) is 0 Å². The largest absolute Gasteiger partial charge is 0.542 e. The molecule has 0 saturated heterocycles. The zero-order valence-corrected chi connectivity index (χ0v) is 51.1. The molecule has 0 aliphatic carbocycles. The SMILES string of the molecule is CCn1c[n+](CC)c2ccc(CCCN(C[C@H](O)[C@@H](O)[C@H](O)[C@H](O)CO)C[C@H](O)[C@@H](O)[C@H](O)[C@H](O)CO)cc21.CCn1c[n+](CC)c2ccc(CCCN(C[C@H](O)[C@@H](O)[C@H](O)[C@H](O)CO)C[C@H](O)[C@@H](O)[C@H](O)[C@H](O)CO)cc21.O=C([O-])C(F)(F)F.O=C([O-])C(F)(F)F. The smallest absolute Gasteiger partial charge is 0.430 e. The molecule has 532 valence electrons. The number of nitrogens with zero attached hydrogens (tertiary/aromatic N) is 6. The fourth-order valence-electron chi connectivity index (χ4n) is 9.26. The van der Waals surface area contributed by atoms with E-state index in [9.17, 15) is 108 Å². The summed E-state index contributed by atoms with van der Waals surface area (Å²) in [5, 5.41) is 215. The Hall–Kier alpha value is -4.98. The molecule has 2 heterocycles. The van der Waals surface area contributed by atoms with Crippen molar-refractivity contribution in [1.29, 1.82) is 0 Å². The zero-order valence-electron chi connectivity index (χ0n) is 51.1. The van der Waals surface area contributed by atoms with Crippen LogP contribution in [-0.4, -0.2) is 309 Å². The van der Waals surface area contributed by atoms with Gasteiger partial charge in [-0.2, -0.15) is 26.3 Å². The van der Waals surface area contributed by atoms with Gasteiger partial charge in [-0.1, -0.05) is 12.1 Å². The van der Waals surface area contributed by atoms with Crippen molar-refractivity contribution < 1.29 is 157 Å². The Balaban J connectivity index is 0.000000759. The monoisotopic (exact) mass is 1350 g/mol. The minimum Gasteiger partial charge on any atom is -0.542 e. The highest BCUT2D eigenvalue weighted by Gasteiger charge is 2.37. The number of fused-ring (bicyclic) bond motifs is 2. The number of imidazole rings is 2. The van der Waals surface area contributed by atoms with Gasteiger partial charge in [0.2, 0.25) is 12.7 Å². The fraction of sp³-hybridized carbons (Fsp3) is 0.714. The number of aryl methyl sites for hydroxylation is 6. The van der Waals surface area contributed by atoms with Gasteiger partial charge in [0.25, 0.3) is 0 Å². The number of hydrogen-bond acceptors (Lipinski definition) is 26. The maximum Gasteiger partial charge on any atom is 0.430 e. The van der Waals surface area contributed by atoms with Gasteiger partial charge in [-0.05, 0) is 102 Å². The summed E-state index contributed by atoms with van der Waals surface area (Å²) in [5.74, 6) is -6.01. The van der Waals surface area contributed by atoms with Gasteiger partial charge in [-0.25, -0.2) is 18.3 Å². The maximum absolute atomic E-state index is 10.5. The van der Waals surface area contributed by atoms with Gasteiger partial charge < -0.3 is 122 Å². The van der Waals surface area contributed by atoms with Crippen LogP contribution in [0.3, 0.4) is 0 Å². The Bertz CT molecular complexity index is 2500. The Kier molecular flexibility index (Phi) is 38.0. The lowest BCUT2D eigenvalue weighted by molar-refractivity contribution is -0.668. The molecule has 4 rings (SSSR count). The number of alkyl halides is 6. The summed E-state index contributed by atoms with van der Waals surface area (Å²) in [4.78, 5) is 20.6. The van der Waals surface area contributed by atoms with Crippen molar-refractivity contribution in [3.8, 4) is 0 Å². The molecule has 0 radical (unpaired) electrons. The molecule has 2 aromatic heterocycles. The van der Waals surface area contributed by atoms with E-state index >= 15 is 0 Å². The van der Waals surface area contributed by atoms with Crippen LogP contribution in [0.4, 0.5) is 26.3 Å². The lowest BCUT2D eigenvalue weighted by atomic mass is 10.0. The lowest BCUT2D eigenvalue weighted by Gasteiger charge is -2.33. The Morgan fingerprint density at radius 1 is 0.435 bits per heavy atom. The minimum absolute atomic E-state index is 0.270. The highest BCUT2D eigenvalue weighted by atomic mass is 19.4. The molecule has 0 amide bonds. The van der Waals surface area contributed by atoms with E-state index in [4.69, 9.17) is 40.2 Å². The van der Waals surface area contributed by atoms with E-state index in [-0.39, 0.29) is 39.3 Å². The van der Waals surface area contributed by atoms with Crippen molar-refractivity contribution in [2.75, 3.05) is 65.7 Å². The number of carboxylic acid groups (broad SMARTS) is 2. The van der Waals surface area contributed by atoms with Crippen LogP contribution in [0.25, 0.3) is 22.1 Å². The first-order valence-corrected chi connectivity index (χ1v) is 29.2. The lowest BCUT2D eigenvalue weighted by Crippen LogP contribution is -2.53. The second-order valence-electron chi connectivity index (χ2n) is 21.5. The van der Waals surface area contributed by atoms with Gasteiger partial charge in [0.1, 0.15) is 85.2 Å². The van der Waals surface area contributed by atoms with Crippen LogP contribution in [0.2, 0.25) is 0 Å². The quantitative estimate of drug-likeness (QED) is 0.0149. The van der Waals surface area contributed by atoms with Crippen LogP contribution >= 0.6 is 0 Å². The van der Waals surface area contributed by atoms with Crippen molar-refractivity contribution >= 4 is 34.0 Å². The summed E-state index contributed by atoms with van der Waals surface area (Å²) in [6, 6.07) is 12.4. The number of aliphatic hydroxyl groups is 20. The summed E-state index contributed by atoms with van der Waals surface area (Å²) in [6.07, 6.45) is -31.5. The molecule has 36 heteroatoms. The first-order chi connectivity index (χ1) is 42.8. The van der Waals surface area contributed by atoms with Gasteiger partial charge in [-0.3, -0.25) is 9.80 Å². The van der Waals surface area contributed by atoms with Gasteiger partial charge >= 0.3 is 12.4 Å². The number of aliphatic hydroxyl groups excluding tert-OH is 20. The highest BCUT2D eigenvalue weighted by molar-refractivity contribution is 5.74. The third-order valence-corrected chi connectivity index (χ3v) is 14.7. The number of halogens is 6.